The number of nitriles is 1. The van der Waals surface area contributed by atoms with Crippen LogP contribution in [0.5, 0.6) is 11.8 Å². The predicted octanol–water partition coefficient (Wildman–Crippen LogP) is 7.29. The summed E-state index contributed by atoms with van der Waals surface area (Å²) in [7, 11) is 2.12. The number of hydrogen-bond acceptors (Lipinski definition) is 9. The van der Waals surface area contributed by atoms with E-state index in [-0.39, 0.29) is 66.2 Å². The minimum absolute atomic E-state index is 0.0129. The van der Waals surface area contributed by atoms with E-state index in [0.717, 1.165) is 75.8 Å². The molecule has 7 rings (SSSR count). The van der Waals surface area contributed by atoms with Gasteiger partial charge in [-0.15, -0.1) is 11.3 Å². The largest absolute Gasteiger partial charge is 0.489 e. The summed E-state index contributed by atoms with van der Waals surface area (Å²) in [5.74, 6) is -0.472. The lowest BCUT2D eigenvalue weighted by molar-refractivity contribution is 0.0885. The van der Waals surface area contributed by atoms with Crippen molar-refractivity contribution in [2.75, 3.05) is 43.9 Å². The molecule has 0 aliphatic carbocycles. The minimum atomic E-state index is -0.715. The first-order chi connectivity index (χ1) is 21.4. The van der Waals surface area contributed by atoms with Crippen molar-refractivity contribution in [1.29, 1.82) is 5.26 Å². The number of benzene rings is 2. The standard InChI is InChI=1S/C32H33ClF2N6O2S/c1-40-12-7-8-20(40)21-9-5-3-2-4-6-13-41-14-15-42-28-24-27(38-32(43-21)39-31(24)41)26(35)23(25(28)33)17-10-11-19(34)29-22(17)18(16-36)30(37)44-29/h10-11,20-21H,2-9,12-15,37H2,1H3/t20-,21?/m0/s1. The van der Waals surface area contributed by atoms with Crippen molar-refractivity contribution >= 4 is 54.7 Å². The van der Waals surface area contributed by atoms with E-state index in [4.69, 9.17) is 36.8 Å². The Kier molecular flexibility index (Phi) is 7.85. The third-order valence-corrected chi connectivity index (χ3v) is 10.6. The summed E-state index contributed by atoms with van der Waals surface area (Å²) in [5.41, 5.74) is 6.41. The third-order valence-electron chi connectivity index (χ3n) is 9.23. The van der Waals surface area contributed by atoms with Gasteiger partial charge in [-0.05, 0) is 57.3 Å². The van der Waals surface area contributed by atoms with E-state index in [2.05, 4.69) is 22.9 Å². The summed E-state index contributed by atoms with van der Waals surface area (Å²) in [6.45, 7) is 2.56. The minimum Gasteiger partial charge on any atom is -0.489 e. The Hall–Kier alpha value is -3.46. The fraction of sp³-hybridized carbons (Fsp3) is 0.469. The second-order valence-corrected chi connectivity index (χ2v) is 13.3. The SMILES string of the molecule is CN1CCC[C@H]1C1CCCCCCCN2CCOc3c(Cl)c(-c4ccc(F)c5sc(N)c(C#N)c45)c(F)c4nc(nc2c34)O1. The molecule has 2 N–H and O–H groups in total. The molecule has 230 valence electrons. The summed E-state index contributed by atoms with van der Waals surface area (Å²) >= 11 is 7.95. The molecule has 12 heteroatoms. The van der Waals surface area contributed by atoms with Gasteiger partial charge in [0.15, 0.2) is 11.6 Å². The lowest BCUT2D eigenvalue weighted by atomic mass is 9.96. The van der Waals surface area contributed by atoms with E-state index in [0.29, 0.717) is 24.4 Å². The first-order valence-corrected chi connectivity index (χ1v) is 16.4. The Morgan fingerprint density at radius 3 is 2.66 bits per heavy atom. The van der Waals surface area contributed by atoms with Gasteiger partial charge in [-0.1, -0.05) is 36.9 Å². The Morgan fingerprint density at radius 1 is 1.05 bits per heavy atom. The number of likely N-dealkylation sites (tertiary alicyclic amines) is 1. The number of nitrogen functional groups attached to an aromatic ring is 1. The van der Waals surface area contributed by atoms with Crippen LogP contribution in [-0.4, -0.2) is 60.3 Å². The van der Waals surface area contributed by atoms with Gasteiger partial charge in [-0.2, -0.15) is 15.2 Å². The molecule has 0 saturated carbocycles. The van der Waals surface area contributed by atoms with Gasteiger partial charge >= 0.3 is 6.01 Å². The van der Waals surface area contributed by atoms with Crippen LogP contribution in [-0.2, 0) is 0 Å². The molecule has 0 radical (unpaired) electrons. The number of anilines is 2. The van der Waals surface area contributed by atoms with Crippen LogP contribution in [0.15, 0.2) is 12.1 Å². The Balaban J connectivity index is 1.48. The number of nitrogens with zero attached hydrogens (tertiary/aromatic N) is 5. The van der Waals surface area contributed by atoms with Crippen molar-refractivity contribution in [3.63, 3.8) is 0 Å². The summed E-state index contributed by atoms with van der Waals surface area (Å²) in [6, 6.07) is 5.06. The van der Waals surface area contributed by atoms with Crippen molar-refractivity contribution < 1.29 is 18.3 Å². The molecule has 2 aromatic heterocycles. The molecule has 3 aliphatic rings. The fourth-order valence-corrected chi connectivity index (χ4v) is 8.31. The molecule has 0 amide bonds. The molecular weight excluding hydrogens is 606 g/mol. The third kappa shape index (κ3) is 4.88. The molecule has 44 heavy (non-hydrogen) atoms. The van der Waals surface area contributed by atoms with Gasteiger partial charge in [-0.3, -0.25) is 4.90 Å². The van der Waals surface area contributed by atoms with Crippen molar-refractivity contribution in [3.8, 4) is 29.0 Å². The average molecular weight is 639 g/mol. The van der Waals surface area contributed by atoms with E-state index in [1.807, 2.05) is 0 Å². The van der Waals surface area contributed by atoms with E-state index in [1.54, 1.807) is 0 Å². The summed E-state index contributed by atoms with van der Waals surface area (Å²) in [6.07, 6.45) is 8.19. The summed E-state index contributed by atoms with van der Waals surface area (Å²) in [4.78, 5) is 14.0. The second-order valence-electron chi connectivity index (χ2n) is 11.9. The van der Waals surface area contributed by atoms with Crippen LogP contribution < -0.4 is 20.1 Å². The number of likely N-dealkylation sites (N-methyl/N-ethyl adjacent to an activating group) is 1. The second kappa shape index (κ2) is 11.8. The fourth-order valence-electron chi connectivity index (χ4n) is 7.03. The zero-order chi connectivity index (χ0) is 30.5. The summed E-state index contributed by atoms with van der Waals surface area (Å²) < 4.78 is 44.9. The van der Waals surface area contributed by atoms with Gasteiger partial charge in [0.2, 0.25) is 0 Å². The van der Waals surface area contributed by atoms with Gasteiger partial charge in [0, 0.05) is 23.5 Å². The maximum absolute atomic E-state index is 17.0. The number of ether oxygens (including phenoxy) is 2. The van der Waals surface area contributed by atoms with Gasteiger partial charge in [0.1, 0.15) is 40.9 Å². The van der Waals surface area contributed by atoms with Crippen molar-refractivity contribution in [3.05, 3.63) is 34.4 Å². The monoisotopic (exact) mass is 638 g/mol. The quantitative estimate of drug-likeness (QED) is 0.244. The van der Waals surface area contributed by atoms with Crippen LogP contribution >= 0.6 is 22.9 Å². The summed E-state index contributed by atoms with van der Waals surface area (Å²) in [5, 5.41) is 10.7. The number of rotatable bonds is 2. The van der Waals surface area contributed by atoms with Crippen LogP contribution in [0.1, 0.15) is 56.9 Å². The lowest BCUT2D eigenvalue weighted by Gasteiger charge is -2.29. The molecule has 2 bridgehead atoms. The highest BCUT2D eigenvalue weighted by atomic mass is 35.5. The molecule has 4 aromatic rings. The van der Waals surface area contributed by atoms with Crippen LogP contribution in [0.25, 0.3) is 32.1 Å². The zero-order valence-electron chi connectivity index (χ0n) is 24.5. The van der Waals surface area contributed by atoms with Crippen molar-refractivity contribution in [2.24, 2.45) is 0 Å². The van der Waals surface area contributed by atoms with Crippen LogP contribution in [0.3, 0.4) is 0 Å². The van der Waals surface area contributed by atoms with Gasteiger partial charge in [0.05, 0.1) is 27.2 Å². The zero-order valence-corrected chi connectivity index (χ0v) is 26.0. The van der Waals surface area contributed by atoms with Crippen molar-refractivity contribution in [2.45, 2.75) is 63.5 Å². The number of nitrogens with two attached hydrogens (primary N) is 1. The first kappa shape index (κ1) is 29.3. The van der Waals surface area contributed by atoms with Crippen LogP contribution in [0, 0.1) is 23.0 Å². The molecule has 2 aromatic carbocycles. The highest BCUT2D eigenvalue weighted by Crippen LogP contribution is 2.50. The molecule has 2 atom stereocenters. The lowest BCUT2D eigenvalue weighted by Crippen LogP contribution is -2.40. The highest BCUT2D eigenvalue weighted by Gasteiger charge is 2.34. The Morgan fingerprint density at radius 2 is 1.86 bits per heavy atom. The predicted molar refractivity (Wildman–Crippen MR) is 170 cm³/mol. The number of thiophene rings is 1. The molecule has 1 saturated heterocycles. The van der Waals surface area contributed by atoms with Crippen LogP contribution in [0.4, 0.5) is 19.6 Å². The first-order valence-electron chi connectivity index (χ1n) is 15.3. The van der Waals surface area contributed by atoms with E-state index in [9.17, 15) is 9.65 Å². The molecule has 0 spiro atoms. The molecule has 1 fully saturated rings. The number of halogens is 3. The molecule has 3 aliphatic heterocycles. The van der Waals surface area contributed by atoms with E-state index >= 15 is 4.39 Å². The molecular formula is C32H33ClF2N6O2S. The average Bonchev–Trinajstić information content (AvgIpc) is 3.54. The number of aromatic nitrogens is 2. The van der Waals surface area contributed by atoms with Gasteiger partial charge in [0.25, 0.3) is 0 Å². The van der Waals surface area contributed by atoms with Crippen molar-refractivity contribution in [1.82, 2.24) is 14.9 Å². The smallest absolute Gasteiger partial charge is 0.319 e. The van der Waals surface area contributed by atoms with Crippen LogP contribution in [0.2, 0.25) is 5.02 Å². The van der Waals surface area contributed by atoms with E-state index in [1.165, 1.54) is 12.1 Å². The normalized spacial score (nSPS) is 21.3. The Bertz CT molecular complexity index is 1810. The number of fused-ring (bicyclic) bond motifs is 2. The maximum Gasteiger partial charge on any atom is 0.319 e. The topological polar surface area (TPSA) is 101 Å². The number of hydrogen-bond donors (Lipinski definition) is 1. The molecule has 5 heterocycles. The maximum atomic E-state index is 17.0. The molecule has 8 nitrogen and oxygen atoms in total. The van der Waals surface area contributed by atoms with Gasteiger partial charge < -0.3 is 20.1 Å². The highest BCUT2D eigenvalue weighted by molar-refractivity contribution is 7.23. The molecule has 1 unspecified atom stereocenters. The van der Waals surface area contributed by atoms with E-state index < -0.39 is 11.6 Å². The Labute approximate surface area is 263 Å². The van der Waals surface area contributed by atoms with Gasteiger partial charge in [-0.25, -0.2) is 8.78 Å².